The Labute approximate surface area is 215 Å². The molecule has 0 bridgehead atoms. The summed E-state index contributed by atoms with van der Waals surface area (Å²) >= 11 is 0. The predicted octanol–water partition coefficient (Wildman–Crippen LogP) is 1.53. The van der Waals surface area contributed by atoms with E-state index in [4.69, 9.17) is 4.74 Å². The second kappa shape index (κ2) is 10.7. The third-order valence-electron chi connectivity index (χ3n) is 9.94. The van der Waals surface area contributed by atoms with Gasteiger partial charge in [0.25, 0.3) is 5.91 Å². The van der Waals surface area contributed by atoms with E-state index in [1.54, 1.807) is 0 Å². The maximum absolute atomic E-state index is 13.7. The first-order valence-corrected chi connectivity index (χ1v) is 14.7. The zero-order valence-corrected chi connectivity index (χ0v) is 21.7. The average Bonchev–Trinajstić information content (AvgIpc) is 3.43. The topological polar surface area (TPSA) is 85.3 Å². The highest BCUT2D eigenvalue weighted by Gasteiger charge is 2.56. The van der Waals surface area contributed by atoms with E-state index in [2.05, 4.69) is 20.0 Å². The average molecular weight is 501 g/mol. The van der Waals surface area contributed by atoms with Gasteiger partial charge in [0.1, 0.15) is 0 Å². The molecule has 200 valence electrons. The van der Waals surface area contributed by atoms with Crippen LogP contribution in [0.2, 0.25) is 0 Å². The number of hydrogen-bond donors (Lipinski definition) is 2. The first kappa shape index (κ1) is 24.8. The molecule has 1 amide bonds. The minimum atomic E-state index is -0.197. The van der Waals surface area contributed by atoms with Gasteiger partial charge in [-0.2, -0.15) is 0 Å². The number of ether oxygens (including phenoxy) is 1. The van der Waals surface area contributed by atoms with Crippen LogP contribution in [0.15, 0.2) is 11.8 Å². The van der Waals surface area contributed by atoms with Crippen LogP contribution in [0.1, 0.15) is 64.2 Å². The molecule has 6 aliphatic rings. The number of carbonyl (C=O) groups excluding carboxylic acids is 2. The quantitative estimate of drug-likeness (QED) is 0.535. The van der Waals surface area contributed by atoms with Crippen LogP contribution < -0.4 is 5.32 Å². The number of nitrogens with zero attached hydrogens (tertiary/aromatic N) is 3. The van der Waals surface area contributed by atoms with E-state index in [0.29, 0.717) is 18.0 Å². The number of carbonyl (C=O) groups is 2. The van der Waals surface area contributed by atoms with Gasteiger partial charge in [0.15, 0.2) is 5.78 Å². The van der Waals surface area contributed by atoms with Crippen LogP contribution >= 0.6 is 0 Å². The molecule has 3 saturated heterocycles. The Balaban J connectivity index is 1.23. The lowest BCUT2D eigenvalue weighted by atomic mass is 9.70. The molecular weight excluding hydrogens is 456 g/mol. The van der Waals surface area contributed by atoms with Crippen LogP contribution in [0.5, 0.6) is 0 Å². The maximum atomic E-state index is 13.7. The second-order valence-corrected chi connectivity index (χ2v) is 12.1. The highest BCUT2D eigenvalue weighted by atomic mass is 16.5. The lowest BCUT2D eigenvalue weighted by Crippen LogP contribution is -2.71. The summed E-state index contributed by atoms with van der Waals surface area (Å²) in [5, 5.41) is 12.9. The maximum Gasteiger partial charge on any atom is 0.256 e. The van der Waals surface area contributed by atoms with Crippen molar-refractivity contribution in [1.29, 1.82) is 0 Å². The summed E-state index contributed by atoms with van der Waals surface area (Å²) in [5.74, 6) is -0.0145. The standard InChI is InChI=1S/C28H44N4O4/c33-18-19-6-5-14-31(16-19)23-10-9-20-25-27(23)36-24-8-2-1-7-22(24)32(25)17-21(26(20)34)28(35)29-11-15-30-12-3-4-13-30/h17,19-20,22-25,27,33H,1-16,18H2,(H,29,35). The summed E-state index contributed by atoms with van der Waals surface area (Å²) in [6, 6.07) is 0.558. The molecule has 8 nitrogen and oxygen atoms in total. The number of amides is 1. The van der Waals surface area contributed by atoms with Crippen LogP contribution in [0, 0.1) is 11.8 Å². The summed E-state index contributed by atoms with van der Waals surface area (Å²) in [5.41, 5.74) is 0.361. The predicted molar refractivity (Wildman–Crippen MR) is 136 cm³/mol. The lowest BCUT2D eigenvalue weighted by molar-refractivity contribution is -0.202. The van der Waals surface area contributed by atoms with Gasteiger partial charge in [-0.25, -0.2) is 0 Å². The molecule has 5 fully saturated rings. The highest BCUT2D eigenvalue weighted by molar-refractivity contribution is 6.20. The van der Waals surface area contributed by atoms with Crippen molar-refractivity contribution in [3.8, 4) is 0 Å². The summed E-state index contributed by atoms with van der Waals surface area (Å²) in [6.07, 6.45) is 13.0. The van der Waals surface area contributed by atoms with Crippen molar-refractivity contribution >= 4 is 11.7 Å². The number of piperidine rings is 1. The Hall–Kier alpha value is -1.48. The lowest BCUT2D eigenvalue weighted by Gasteiger charge is -2.60. The van der Waals surface area contributed by atoms with Crippen molar-refractivity contribution in [2.45, 2.75) is 94.5 Å². The molecule has 0 aromatic carbocycles. The SMILES string of the molecule is O=C(NCCN1CCCC1)C1=CN2C3CCCCC3OC3C(N4CCCC(CO)C4)CCC(C1=O)C32. The number of likely N-dealkylation sites (tertiary alicyclic amines) is 2. The summed E-state index contributed by atoms with van der Waals surface area (Å²) in [7, 11) is 0. The van der Waals surface area contributed by atoms with E-state index in [-0.39, 0.29) is 54.5 Å². The number of rotatable bonds is 6. The van der Waals surface area contributed by atoms with Crippen molar-refractivity contribution in [2.24, 2.45) is 11.8 Å². The molecule has 4 aliphatic heterocycles. The number of aliphatic hydroxyl groups is 1. The van der Waals surface area contributed by atoms with E-state index in [1.165, 1.54) is 25.7 Å². The Morgan fingerprint density at radius 2 is 1.83 bits per heavy atom. The second-order valence-electron chi connectivity index (χ2n) is 12.1. The molecule has 7 unspecified atom stereocenters. The minimum Gasteiger partial charge on any atom is -0.396 e. The van der Waals surface area contributed by atoms with Crippen molar-refractivity contribution in [3.05, 3.63) is 11.8 Å². The van der Waals surface area contributed by atoms with Gasteiger partial charge in [0.2, 0.25) is 0 Å². The van der Waals surface area contributed by atoms with Gasteiger partial charge < -0.3 is 25.0 Å². The van der Waals surface area contributed by atoms with E-state index in [0.717, 1.165) is 71.2 Å². The fourth-order valence-electron chi connectivity index (χ4n) is 8.11. The van der Waals surface area contributed by atoms with Crippen molar-refractivity contribution in [2.75, 3.05) is 45.9 Å². The number of morpholine rings is 1. The zero-order valence-electron chi connectivity index (χ0n) is 21.7. The number of nitrogens with one attached hydrogen (secondary N) is 1. The van der Waals surface area contributed by atoms with Crippen LogP contribution in [-0.4, -0.2) is 108 Å². The van der Waals surface area contributed by atoms with Crippen molar-refractivity contribution in [3.63, 3.8) is 0 Å². The molecular formula is C28H44N4O4. The number of hydrogen-bond acceptors (Lipinski definition) is 7. The fourth-order valence-corrected chi connectivity index (χ4v) is 8.11. The van der Waals surface area contributed by atoms with E-state index in [9.17, 15) is 14.7 Å². The molecule has 8 heteroatoms. The molecule has 0 spiro atoms. The highest BCUT2D eigenvalue weighted by Crippen LogP contribution is 2.46. The molecule has 4 heterocycles. The van der Waals surface area contributed by atoms with Crippen LogP contribution in [0.3, 0.4) is 0 Å². The monoisotopic (exact) mass is 500 g/mol. The molecule has 7 atom stereocenters. The summed E-state index contributed by atoms with van der Waals surface area (Å²) < 4.78 is 6.90. The molecule has 0 aromatic heterocycles. The molecule has 2 saturated carbocycles. The normalized spacial score (nSPS) is 39.4. The molecule has 0 radical (unpaired) electrons. The number of ketones is 1. The molecule has 2 N–H and O–H groups in total. The molecule has 0 aromatic rings. The largest absolute Gasteiger partial charge is 0.396 e. The zero-order chi connectivity index (χ0) is 24.6. The van der Waals surface area contributed by atoms with Crippen LogP contribution in [0.25, 0.3) is 0 Å². The van der Waals surface area contributed by atoms with Gasteiger partial charge in [-0.05, 0) is 76.9 Å². The summed E-state index contributed by atoms with van der Waals surface area (Å²) in [6.45, 7) is 5.87. The van der Waals surface area contributed by atoms with Gasteiger partial charge >= 0.3 is 0 Å². The minimum absolute atomic E-state index is 0.0134. The third kappa shape index (κ3) is 4.63. The third-order valence-corrected chi connectivity index (χ3v) is 9.94. The fraction of sp³-hybridized carbons (Fsp3) is 0.857. The van der Waals surface area contributed by atoms with Gasteiger partial charge in [0.05, 0.1) is 29.9 Å². The van der Waals surface area contributed by atoms with Gasteiger partial charge in [0, 0.05) is 44.4 Å². The number of fused-ring (bicyclic) bond motifs is 2. The molecule has 2 aliphatic carbocycles. The van der Waals surface area contributed by atoms with Crippen LogP contribution in [-0.2, 0) is 14.3 Å². The molecule has 6 rings (SSSR count). The Bertz CT molecular complexity index is 858. The Morgan fingerprint density at radius 1 is 1.00 bits per heavy atom. The van der Waals surface area contributed by atoms with Gasteiger partial charge in [-0.3, -0.25) is 14.5 Å². The first-order chi connectivity index (χ1) is 17.6. The van der Waals surface area contributed by atoms with Crippen molar-refractivity contribution in [1.82, 2.24) is 20.0 Å². The summed E-state index contributed by atoms with van der Waals surface area (Å²) in [4.78, 5) is 34.3. The van der Waals surface area contributed by atoms with Crippen molar-refractivity contribution < 1.29 is 19.4 Å². The molecule has 36 heavy (non-hydrogen) atoms. The van der Waals surface area contributed by atoms with Gasteiger partial charge in [-0.15, -0.1) is 0 Å². The number of aliphatic hydroxyl groups excluding tert-OH is 1. The van der Waals surface area contributed by atoms with E-state index >= 15 is 0 Å². The Morgan fingerprint density at radius 3 is 2.67 bits per heavy atom. The first-order valence-electron chi connectivity index (χ1n) is 14.7. The van der Waals surface area contributed by atoms with Gasteiger partial charge in [-0.1, -0.05) is 12.8 Å². The van der Waals surface area contributed by atoms with E-state index in [1.807, 2.05) is 6.20 Å². The smallest absolute Gasteiger partial charge is 0.256 e. The van der Waals surface area contributed by atoms with E-state index < -0.39 is 0 Å². The van der Waals surface area contributed by atoms with Crippen LogP contribution in [0.4, 0.5) is 0 Å². The number of Topliss-reactive ketones (excluding diaryl/α,β-unsaturated/α-hetero) is 1. The Kier molecular flexibility index (Phi) is 7.39.